The van der Waals surface area contributed by atoms with E-state index in [2.05, 4.69) is 17.4 Å². The van der Waals surface area contributed by atoms with Crippen LogP contribution in [0.15, 0.2) is 140 Å². The van der Waals surface area contributed by atoms with Crippen molar-refractivity contribution in [3.8, 4) is 11.1 Å². The standard InChI is InChI=1S/C38H33NO5/c1-26(44-38(27-15-5-2-6-16-27,28-17-7-3-8-18-28)29-19-9-4-10-20-29)35(36(40)41)39-37(42)43-25-34-32-23-13-11-21-30(32)31-22-12-14-24-33(31)34/h2-24,26,34-35H,25H2,1H3,(H,39,42)(H,40,41)/t26-,35+/m0/s1. The average molecular weight is 584 g/mol. The number of carboxylic acid groups (broad SMARTS) is 1. The number of hydrogen-bond acceptors (Lipinski definition) is 4. The summed E-state index contributed by atoms with van der Waals surface area (Å²) in [5.74, 6) is -1.37. The minimum atomic E-state index is -1.39. The lowest BCUT2D eigenvalue weighted by Crippen LogP contribution is -2.51. The van der Waals surface area contributed by atoms with Gasteiger partial charge in [0, 0.05) is 5.92 Å². The highest BCUT2D eigenvalue weighted by molar-refractivity contribution is 5.81. The van der Waals surface area contributed by atoms with Crippen molar-refractivity contribution in [3.05, 3.63) is 167 Å². The van der Waals surface area contributed by atoms with Crippen molar-refractivity contribution < 1.29 is 24.2 Å². The Balaban J connectivity index is 1.26. The Morgan fingerprint density at radius 2 is 1.09 bits per heavy atom. The Kier molecular flexibility index (Phi) is 8.26. The number of ether oxygens (including phenoxy) is 2. The van der Waals surface area contributed by atoms with Gasteiger partial charge >= 0.3 is 12.1 Å². The van der Waals surface area contributed by atoms with Gasteiger partial charge in [-0.3, -0.25) is 0 Å². The third-order valence-corrected chi connectivity index (χ3v) is 8.26. The Bertz CT molecular complexity index is 1600. The molecule has 1 aliphatic rings. The molecule has 1 aliphatic carbocycles. The summed E-state index contributed by atoms with van der Waals surface area (Å²) in [6.07, 6.45) is -1.78. The summed E-state index contributed by atoms with van der Waals surface area (Å²) in [5.41, 5.74) is 5.71. The molecule has 6 heteroatoms. The zero-order valence-corrected chi connectivity index (χ0v) is 24.3. The lowest BCUT2D eigenvalue weighted by molar-refractivity contribution is -0.146. The lowest BCUT2D eigenvalue weighted by Gasteiger charge is -2.39. The first-order chi connectivity index (χ1) is 21.5. The number of nitrogens with one attached hydrogen (secondary N) is 1. The van der Waals surface area contributed by atoms with Crippen LogP contribution in [-0.2, 0) is 19.9 Å². The van der Waals surface area contributed by atoms with Crippen LogP contribution in [0, 0.1) is 0 Å². The number of carboxylic acids is 1. The number of aliphatic carboxylic acids is 1. The third kappa shape index (κ3) is 5.48. The van der Waals surface area contributed by atoms with Crippen LogP contribution in [0.2, 0.25) is 0 Å². The molecule has 0 bridgehead atoms. The van der Waals surface area contributed by atoms with Crippen molar-refractivity contribution in [2.45, 2.75) is 30.6 Å². The largest absolute Gasteiger partial charge is 0.480 e. The molecule has 0 saturated heterocycles. The summed E-state index contributed by atoms with van der Waals surface area (Å²) in [7, 11) is 0. The molecule has 2 atom stereocenters. The van der Waals surface area contributed by atoms with Gasteiger partial charge in [0.15, 0.2) is 6.04 Å². The van der Waals surface area contributed by atoms with Gasteiger partial charge in [-0.1, -0.05) is 140 Å². The summed E-state index contributed by atoms with van der Waals surface area (Å²) >= 11 is 0. The van der Waals surface area contributed by atoms with Crippen molar-refractivity contribution in [3.63, 3.8) is 0 Å². The summed E-state index contributed by atoms with van der Waals surface area (Å²) < 4.78 is 12.5. The molecule has 0 fully saturated rings. The van der Waals surface area contributed by atoms with Crippen LogP contribution in [0.3, 0.4) is 0 Å². The second-order valence-electron chi connectivity index (χ2n) is 10.9. The first-order valence-corrected chi connectivity index (χ1v) is 14.7. The summed E-state index contributed by atoms with van der Waals surface area (Å²) in [5, 5.41) is 12.9. The molecule has 5 aromatic rings. The van der Waals surface area contributed by atoms with E-state index in [9.17, 15) is 14.7 Å². The molecule has 1 amide bonds. The van der Waals surface area contributed by atoms with Crippen molar-refractivity contribution in [2.24, 2.45) is 0 Å². The number of fused-ring (bicyclic) bond motifs is 3. The van der Waals surface area contributed by atoms with Crippen molar-refractivity contribution >= 4 is 12.1 Å². The van der Waals surface area contributed by atoms with E-state index in [0.29, 0.717) is 0 Å². The Labute approximate surface area is 256 Å². The summed E-state index contributed by atoms with van der Waals surface area (Å²) in [6, 6.07) is 43.8. The van der Waals surface area contributed by atoms with Crippen LogP contribution < -0.4 is 5.32 Å². The number of benzene rings is 5. The van der Waals surface area contributed by atoms with Crippen LogP contribution in [0.5, 0.6) is 0 Å². The molecular weight excluding hydrogens is 550 g/mol. The lowest BCUT2D eigenvalue weighted by atomic mass is 9.79. The topological polar surface area (TPSA) is 84.9 Å². The van der Waals surface area contributed by atoms with Crippen LogP contribution in [-0.4, -0.2) is 35.9 Å². The molecule has 0 heterocycles. The van der Waals surface area contributed by atoms with Crippen LogP contribution in [0.4, 0.5) is 4.79 Å². The molecule has 0 unspecified atom stereocenters. The van der Waals surface area contributed by atoms with E-state index in [4.69, 9.17) is 9.47 Å². The van der Waals surface area contributed by atoms with Crippen molar-refractivity contribution in [1.82, 2.24) is 5.32 Å². The van der Waals surface area contributed by atoms with Gasteiger partial charge in [0.25, 0.3) is 0 Å². The van der Waals surface area contributed by atoms with Gasteiger partial charge in [0.1, 0.15) is 12.2 Å². The predicted octanol–water partition coefficient (Wildman–Crippen LogP) is 7.38. The van der Waals surface area contributed by atoms with Gasteiger partial charge in [-0.05, 0) is 45.9 Å². The molecule has 44 heavy (non-hydrogen) atoms. The monoisotopic (exact) mass is 583 g/mol. The van der Waals surface area contributed by atoms with Gasteiger partial charge in [-0.2, -0.15) is 0 Å². The van der Waals surface area contributed by atoms with E-state index in [1.807, 2.05) is 127 Å². The average Bonchev–Trinajstić information content (AvgIpc) is 3.39. The molecule has 0 aliphatic heterocycles. The molecule has 6 nitrogen and oxygen atoms in total. The highest BCUT2D eigenvalue weighted by atomic mass is 16.6. The molecule has 0 radical (unpaired) electrons. The molecule has 220 valence electrons. The first-order valence-electron chi connectivity index (χ1n) is 14.7. The number of alkyl carbamates (subject to hydrolysis) is 1. The second kappa shape index (κ2) is 12.6. The smallest absolute Gasteiger partial charge is 0.407 e. The molecule has 0 aromatic heterocycles. The highest BCUT2D eigenvalue weighted by Gasteiger charge is 2.42. The molecule has 0 saturated carbocycles. The molecule has 5 aromatic carbocycles. The normalized spacial score (nSPS) is 13.8. The van der Waals surface area contributed by atoms with Gasteiger partial charge < -0.3 is 19.9 Å². The number of hydrogen-bond donors (Lipinski definition) is 2. The summed E-state index contributed by atoms with van der Waals surface area (Å²) in [4.78, 5) is 25.8. The minimum absolute atomic E-state index is 0.0728. The quantitative estimate of drug-likeness (QED) is 0.168. The van der Waals surface area contributed by atoms with E-state index < -0.39 is 29.8 Å². The first kappa shape index (κ1) is 28.9. The zero-order valence-electron chi connectivity index (χ0n) is 24.3. The fourth-order valence-electron chi connectivity index (χ4n) is 6.22. The zero-order chi connectivity index (χ0) is 30.5. The minimum Gasteiger partial charge on any atom is -0.480 e. The fraction of sp³-hybridized carbons (Fsp3) is 0.158. The third-order valence-electron chi connectivity index (χ3n) is 8.26. The Hall–Kier alpha value is -5.20. The number of amides is 1. The second-order valence-corrected chi connectivity index (χ2v) is 10.9. The van der Waals surface area contributed by atoms with Gasteiger partial charge in [-0.25, -0.2) is 9.59 Å². The maximum absolute atomic E-state index is 13.2. The Morgan fingerprint density at radius 1 is 0.682 bits per heavy atom. The van der Waals surface area contributed by atoms with E-state index in [1.165, 1.54) is 0 Å². The highest BCUT2D eigenvalue weighted by Crippen LogP contribution is 2.45. The van der Waals surface area contributed by atoms with Gasteiger partial charge in [0.05, 0.1) is 6.10 Å². The molecule has 6 rings (SSSR count). The number of carbonyl (C=O) groups is 2. The van der Waals surface area contributed by atoms with Crippen LogP contribution in [0.25, 0.3) is 11.1 Å². The molecule has 0 spiro atoms. The summed E-state index contributed by atoms with van der Waals surface area (Å²) in [6.45, 7) is 1.73. The predicted molar refractivity (Wildman–Crippen MR) is 169 cm³/mol. The van der Waals surface area contributed by atoms with E-state index in [0.717, 1.165) is 38.9 Å². The van der Waals surface area contributed by atoms with Crippen molar-refractivity contribution in [1.29, 1.82) is 0 Å². The fourth-order valence-corrected chi connectivity index (χ4v) is 6.22. The molecular formula is C38H33NO5. The van der Waals surface area contributed by atoms with Crippen molar-refractivity contribution in [2.75, 3.05) is 6.61 Å². The van der Waals surface area contributed by atoms with Crippen LogP contribution in [0.1, 0.15) is 40.7 Å². The van der Waals surface area contributed by atoms with Gasteiger partial charge in [-0.15, -0.1) is 0 Å². The Morgan fingerprint density at radius 3 is 1.52 bits per heavy atom. The van der Waals surface area contributed by atoms with E-state index >= 15 is 0 Å². The SMILES string of the molecule is C[C@H](OC(c1ccccc1)(c1ccccc1)c1ccccc1)[C@@H](NC(=O)OCC1c2ccccc2-c2ccccc21)C(=O)O. The maximum atomic E-state index is 13.2. The van der Waals surface area contributed by atoms with Gasteiger partial charge in [0.2, 0.25) is 0 Å². The van der Waals surface area contributed by atoms with E-state index in [1.54, 1.807) is 6.92 Å². The van der Waals surface area contributed by atoms with Crippen LogP contribution >= 0.6 is 0 Å². The molecule has 2 N–H and O–H groups in total. The van der Waals surface area contributed by atoms with E-state index in [-0.39, 0.29) is 12.5 Å². The maximum Gasteiger partial charge on any atom is 0.407 e. The number of carbonyl (C=O) groups excluding carboxylic acids is 1. The number of rotatable bonds is 10.